The lowest BCUT2D eigenvalue weighted by molar-refractivity contribution is -0.114. The molecule has 1 fully saturated rings. The van der Waals surface area contributed by atoms with Crippen LogP contribution in [0.4, 0.5) is 0 Å². The molecule has 1 unspecified atom stereocenters. The van der Waals surface area contributed by atoms with E-state index < -0.39 is 0 Å². The molecule has 0 amide bonds. The monoisotopic (exact) mass is 194 g/mol. The van der Waals surface area contributed by atoms with E-state index in [-0.39, 0.29) is 0 Å². The molecule has 0 spiro atoms. The van der Waals surface area contributed by atoms with E-state index >= 15 is 0 Å². The van der Waals surface area contributed by atoms with Gasteiger partial charge in [-0.2, -0.15) is 0 Å². The van der Waals surface area contributed by atoms with E-state index in [0.29, 0.717) is 11.7 Å². The number of ketones is 1. The lowest BCUT2D eigenvalue weighted by Crippen LogP contribution is -1.91. The van der Waals surface area contributed by atoms with E-state index in [1.165, 1.54) is 25.7 Å². The second-order valence-corrected chi connectivity index (χ2v) is 4.52. The van der Waals surface area contributed by atoms with Gasteiger partial charge in [-0.05, 0) is 30.8 Å². The second kappa shape index (κ2) is 6.00. The molecule has 0 radical (unpaired) electrons. The quantitative estimate of drug-likeness (QED) is 0.479. The van der Waals surface area contributed by atoms with Gasteiger partial charge in [0.2, 0.25) is 0 Å². The minimum Gasteiger partial charge on any atom is -0.295 e. The summed E-state index contributed by atoms with van der Waals surface area (Å²) in [4.78, 5) is 11.4. The molecule has 0 aromatic heterocycles. The van der Waals surface area contributed by atoms with E-state index in [4.69, 9.17) is 0 Å². The topological polar surface area (TPSA) is 17.1 Å². The van der Waals surface area contributed by atoms with Gasteiger partial charge in [-0.3, -0.25) is 4.79 Å². The van der Waals surface area contributed by atoms with Crippen LogP contribution in [0.5, 0.6) is 0 Å². The molecule has 1 nitrogen and oxygen atoms in total. The van der Waals surface area contributed by atoms with E-state index in [2.05, 4.69) is 19.9 Å². The highest BCUT2D eigenvalue weighted by atomic mass is 16.1. The van der Waals surface area contributed by atoms with Crippen molar-refractivity contribution in [2.75, 3.05) is 0 Å². The highest BCUT2D eigenvalue weighted by Gasteiger charge is 2.22. The Kier molecular flexibility index (Phi) is 4.92. The van der Waals surface area contributed by atoms with Crippen molar-refractivity contribution in [2.24, 2.45) is 5.92 Å². The highest BCUT2D eigenvalue weighted by molar-refractivity contribution is 5.97. The summed E-state index contributed by atoms with van der Waals surface area (Å²) in [7, 11) is 0. The lowest BCUT2D eigenvalue weighted by Gasteiger charge is -1.97. The Bertz CT molecular complexity index is 215. The molecule has 0 aliphatic heterocycles. The summed E-state index contributed by atoms with van der Waals surface area (Å²) in [6.07, 6.45) is 10.3. The maximum Gasteiger partial charge on any atom is 0.158 e. The SMILES string of the molecule is CCCCCC/C=C1\CC(C)CC1=O. The first kappa shape index (κ1) is 11.5. The smallest absolute Gasteiger partial charge is 0.158 e. The lowest BCUT2D eigenvalue weighted by atomic mass is 10.1. The number of carbonyl (C=O) groups excluding carboxylic acids is 1. The van der Waals surface area contributed by atoms with Crippen LogP contribution in [0, 0.1) is 5.92 Å². The van der Waals surface area contributed by atoms with Crippen LogP contribution in [-0.4, -0.2) is 5.78 Å². The molecule has 1 heteroatoms. The van der Waals surface area contributed by atoms with Crippen molar-refractivity contribution >= 4 is 5.78 Å². The van der Waals surface area contributed by atoms with Gasteiger partial charge in [0, 0.05) is 6.42 Å². The summed E-state index contributed by atoms with van der Waals surface area (Å²) >= 11 is 0. The minimum absolute atomic E-state index is 0.396. The molecule has 0 heterocycles. The van der Waals surface area contributed by atoms with Crippen molar-refractivity contribution in [1.29, 1.82) is 0 Å². The van der Waals surface area contributed by atoms with E-state index in [1.807, 2.05) is 0 Å². The molecule has 0 bridgehead atoms. The van der Waals surface area contributed by atoms with Gasteiger partial charge in [-0.15, -0.1) is 0 Å². The third-order valence-electron chi connectivity index (χ3n) is 2.91. The van der Waals surface area contributed by atoms with Crippen LogP contribution in [0.1, 0.15) is 58.8 Å². The molecular weight excluding hydrogens is 172 g/mol. The zero-order chi connectivity index (χ0) is 10.4. The molecule has 0 N–H and O–H groups in total. The maximum absolute atomic E-state index is 11.4. The molecule has 0 aromatic carbocycles. The van der Waals surface area contributed by atoms with Crippen molar-refractivity contribution < 1.29 is 4.79 Å². The number of hydrogen-bond donors (Lipinski definition) is 0. The Labute approximate surface area is 87.6 Å². The second-order valence-electron chi connectivity index (χ2n) is 4.52. The Morgan fingerprint density at radius 2 is 2.07 bits per heavy atom. The molecule has 1 saturated carbocycles. The fourth-order valence-corrected chi connectivity index (χ4v) is 2.05. The number of carbonyl (C=O) groups is 1. The Balaban J connectivity index is 2.20. The fourth-order valence-electron chi connectivity index (χ4n) is 2.05. The number of Topliss-reactive ketones (excluding diaryl/α,β-unsaturated/α-hetero) is 1. The Morgan fingerprint density at radius 3 is 2.64 bits per heavy atom. The van der Waals surface area contributed by atoms with Gasteiger partial charge in [0.25, 0.3) is 0 Å². The fraction of sp³-hybridized carbons (Fsp3) is 0.769. The van der Waals surface area contributed by atoms with E-state index in [1.54, 1.807) is 0 Å². The van der Waals surface area contributed by atoms with Crippen LogP contribution in [0.15, 0.2) is 11.6 Å². The largest absolute Gasteiger partial charge is 0.295 e. The van der Waals surface area contributed by atoms with Crippen LogP contribution in [0.3, 0.4) is 0 Å². The van der Waals surface area contributed by atoms with Crippen LogP contribution in [-0.2, 0) is 4.79 Å². The first-order valence-electron chi connectivity index (χ1n) is 5.96. The highest BCUT2D eigenvalue weighted by Crippen LogP contribution is 2.27. The Morgan fingerprint density at radius 1 is 1.29 bits per heavy atom. The van der Waals surface area contributed by atoms with Crippen molar-refractivity contribution in [3.8, 4) is 0 Å². The third kappa shape index (κ3) is 3.65. The van der Waals surface area contributed by atoms with Gasteiger partial charge in [0.15, 0.2) is 5.78 Å². The summed E-state index contributed by atoms with van der Waals surface area (Å²) in [6, 6.07) is 0. The molecule has 80 valence electrons. The van der Waals surface area contributed by atoms with Crippen LogP contribution in [0.2, 0.25) is 0 Å². The maximum atomic E-state index is 11.4. The molecule has 0 aromatic rings. The zero-order valence-corrected chi connectivity index (χ0v) is 9.51. The van der Waals surface area contributed by atoms with Gasteiger partial charge in [0.1, 0.15) is 0 Å². The number of hydrogen-bond acceptors (Lipinski definition) is 1. The predicted molar refractivity (Wildman–Crippen MR) is 60.2 cm³/mol. The zero-order valence-electron chi connectivity index (χ0n) is 9.51. The minimum atomic E-state index is 0.396. The third-order valence-corrected chi connectivity index (χ3v) is 2.91. The van der Waals surface area contributed by atoms with Crippen molar-refractivity contribution in [2.45, 2.75) is 58.8 Å². The van der Waals surface area contributed by atoms with Gasteiger partial charge < -0.3 is 0 Å². The first-order valence-corrected chi connectivity index (χ1v) is 5.96. The number of unbranched alkanes of at least 4 members (excludes halogenated alkanes) is 4. The molecule has 1 rings (SSSR count). The number of allylic oxidation sites excluding steroid dienone is 2. The van der Waals surface area contributed by atoms with Crippen LogP contribution >= 0.6 is 0 Å². The van der Waals surface area contributed by atoms with Crippen molar-refractivity contribution in [3.05, 3.63) is 11.6 Å². The molecule has 0 saturated heterocycles. The Hall–Kier alpha value is -0.590. The van der Waals surface area contributed by atoms with Gasteiger partial charge in [0.05, 0.1) is 0 Å². The normalized spacial score (nSPS) is 24.9. The molecule has 14 heavy (non-hydrogen) atoms. The summed E-state index contributed by atoms with van der Waals surface area (Å²) < 4.78 is 0. The van der Waals surface area contributed by atoms with Gasteiger partial charge >= 0.3 is 0 Å². The van der Waals surface area contributed by atoms with Gasteiger partial charge in [-0.1, -0.05) is 39.2 Å². The van der Waals surface area contributed by atoms with Crippen LogP contribution < -0.4 is 0 Å². The van der Waals surface area contributed by atoms with Crippen molar-refractivity contribution in [3.63, 3.8) is 0 Å². The summed E-state index contributed by atoms with van der Waals surface area (Å²) in [5.41, 5.74) is 1.11. The predicted octanol–water partition coefficient (Wildman–Crippen LogP) is 3.88. The average molecular weight is 194 g/mol. The molecular formula is C13H22O. The van der Waals surface area contributed by atoms with Gasteiger partial charge in [-0.25, -0.2) is 0 Å². The molecule has 1 aliphatic rings. The standard InChI is InChI=1S/C13H22O/c1-3-4-5-6-7-8-12-9-11(2)10-13(12)14/h8,11H,3-7,9-10H2,1-2H3/b12-8+. The first-order chi connectivity index (χ1) is 6.74. The summed E-state index contributed by atoms with van der Waals surface area (Å²) in [5.74, 6) is 0.984. The van der Waals surface area contributed by atoms with Crippen molar-refractivity contribution in [1.82, 2.24) is 0 Å². The number of rotatable bonds is 5. The molecule has 1 aliphatic carbocycles. The average Bonchev–Trinajstić information content (AvgIpc) is 2.45. The molecule has 1 atom stereocenters. The van der Waals surface area contributed by atoms with E-state index in [9.17, 15) is 4.79 Å². The summed E-state index contributed by atoms with van der Waals surface area (Å²) in [6.45, 7) is 4.39. The van der Waals surface area contributed by atoms with E-state index in [0.717, 1.165) is 24.8 Å². The summed E-state index contributed by atoms with van der Waals surface area (Å²) in [5, 5.41) is 0. The van der Waals surface area contributed by atoms with Crippen LogP contribution in [0.25, 0.3) is 0 Å².